The molecule has 0 amide bonds. The molecule has 4 aromatic carbocycles. The lowest BCUT2D eigenvalue weighted by atomic mass is 9.96. The van der Waals surface area contributed by atoms with Gasteiger partial charge in [0.15, 0.2) is 0 Å². The van der Waals surface area contributed by atoms with E-state index < -0.39 is 0 Å². The van der Waals surface area contributed by atoms with Crippen LogP contribution in [-0.4, -0.2) is 12.6 Å². The Bertz CT molecular complexity index is 1500. The zero-order chi connectivity index (χ0) is 31.1. The average molecular weight is 599 g/mol. The number of carbonyl (C=O) groups excluding carboxylic acids is 1. The third-order valence-electron chi connectivity index (χ3n) is 8.52. The minimum absolute atomic E-state index is 0.376. The van der Waals surface area contributed by atoms with Crippen molar-refractivity contribution in [3.63, 3.8) is 0 Å². The fourth-order valence-corrected chi connectivity index (χ4v) is 5.76. The number of hydrogen-bond donors (Lipinski definition) is 0. The molecule has 0 saturated carbocycles. The molecule has 0 aliphatic heterocycles. The van der Waals surface area contributed by atoms with Crippen LogP contribution in [0.2, 0.25) is 0 Å². The van der Waals surface area contributed by atoms with E-state index >= 15 is 0 Å². The van der Waals surface area contributed by atoms with Crippen molar-refractivity contribution < 1.29 is 14.3 Å². The summed E-state index contributed by atoms with van der Waals surface area (Å²) in [5, 5.41) is 0. The van der Waals surface area contributed by atoms with Gasteiger partial charge in [0.1, 0.15) is 11.5 Å². The quantitative estimate of drug-likeness (QED) is 0.0689. The van der Waals surface area contributed by atoms with Crippen molar-refractivity contribution in [2.24, 2.45) is 0 Å². The third kappa shape index (κ3) is 9.81. The second-order valence-electron chi connectivity index (χ2n) is 12.0. The second-order valence-corrected chi connectivity index (χ2v) is 12.0. The highest BCUT2D eigenvalue weighted by Gasteiger charge is 2.10. The van der Waals surface area contributed by atoms with Gasteiger partial charge in [0.2, 0.25) is 0 Å². The monoisotopic (exact) mass is 598 g/mol. The van der Waals surface area contributed by atoms with E-state index in [1.165, 1.54) is 74.5 Å². The van der Waals surface area contributed by atoms with E-state index in [1.807, 2.05) is 36.4 Å². The Labute approximate surface area is 269 Å². The SMILES string of the molecule is CCCCCCCCCCCCOc1ccc(C(=O)Oc2ccc(-c3ccc(-c4ccc(C5C=CC=C5)cc4)cc3)cc2)cc1. The highest BCUT2D eigenvalue weighted by molar-refractivity contribution is 5.91. The maximum atomic E-state index is 12.7. The van der Waals surface area contributed by atoms with E-state index in [0.29, 0.717) is 23.8 Å². The number of allylic oxidation sites excluding steroid dienone is 4. The molecule has 3 heteroatoms. The van der Waals surface area contributed by atoms with Gasteiger partial charge in [-0.25, -0.2) is 4.79 Å². The lowest BCUT2D eigenvalue weighted by Crippen LogP contribution is -2.08. The number of carbonyl (C=O) groups is 1. The Balaban J connectivity index is 1.03. The number of esters is 1. The molecule has 1 aliphatic carbocycles. The van der Waals surface area contributed by atoms with Crippen LogP contribution in [0.25, 0.3) is 22.3 Å². The first-order valence-electron chi connectivity index (χ1n) is 16.8. The lowest BCUT2D eigenvalue weighted by molar-refractivity contribution is 0.0734. The Morgan fingerprint density at radius 3 is 1.51 bits per heavy atom. The van der Waals surface area contributed by atoms with E-state index in [1.54, 1.807) is 12.1 Å². The van der Waals surface area contributed by atoms with Crippen molar-refractivity contribution >= 4 is 5.97 Å². The molecule has 0 heterocycles. The standard InChI is InChI=1S/C42H46O3/c1-2-3-4-5-6-7-8-9-10-13-32-44-40-28-26-39(27-29-40)42(43)45-41-30-24-38(25-31-41)37-22-20-36(21-23-37)35-18-16-34(17-19-35)33-14-11-12-15-33/h11-12,14-31,33H,2-10,13,32H2,1H3. The smallest absolute Gasteiger partial charge is 0.343 e. The summed E-state index contributed by atoms with van der Waals surface area (Å²) in [6.45, 7) is 2.97. The molecule has 0 saturated heterocycles. The van der Waals surface area contributed by atoms with E-state index in [-0.39, 0.29) is 5.97 Å². The normalized spacial score (nSPS) is 12.5. The van der Waals surface area contributed by atoms with Crippen LogP contribution in [0.3, 0.4) is 0 Å². The third-order valence-corrected chi connectivity index (χ3v) is 8.52. The summed E-state index contributed by atoms with van der Waals surface area (Å²) in [7, 11) is 0. The number of benzene rings is 4. The molecule has 45 heavy (non-hydrogen) atoms. The minimum Gasteiger partial charge on any atom is -0.494 e. The van der Waals surface area contributed by atoms with Crippen LogP contribution in [-0.2, 0) is 0 Å². The van der Waals surface area contributed by atoms with Crippen molar-refractivity contribution in [1.82, 2.24) is 0 Å². The molecule has 232 valence electrons. The van der Waals surface area contributed by atoms with Crippen LogP contribution >= 0.6 is 0 Å². The van der Waals surface area contributed by atoms with Gasteiger partial charge >= 0.3 is 5.97 Å². The topological polar surface area (TPSA) is 35.5 Å². The van der Waals surface area contributed by atoms with Crippen LogP contribution < -0.4 is 9.47 Å². The number of ether oxygens (including phenoxy) is 2. The first kappa shape index (κ1) is 32.0. The molecule has 5 rings (SSSR count). The molecular formula is C42H46O3. The highest BCUT2D eigenvalue weighted by atomic mass is 16.5. The Morgan fingerprint density at radius 1 is 0.533 bits per heavy atom. The van der Waals surface area contributed by atoms with Gasteiger partial charge in [-0.15, -0.1) is 0 Å². The van der Waals surface area contributed by atoms with Crippen LogP contribution in [0.5, 0.6) is 11.5 Å². The molecule has 1 aliphatic rings. The van der Waals surface area contributed by atoms with Crippen molar-refractivity contribution in [2.75, 3.05) is 6.61 Å². The number of unbranched alkanes of at least 4 members (excludes halogenated alkanes) is 9. The van der Waals surface area contributed by atoms with Crippen molar-refractivity contribution in [1.29, 1.82) is 0 Å². The number of rotatable bonds is 17. The molecule has 4 aromatic rings. The summed E-state index contributed by atoms with van der Waals surface area (Å²) in [5.74, 6) is 1.31. The molecular weight excluding hydrogens is 552 g/mol. The first-order valence-corrected chi connectivity index (χ1v) is 16.8. The van der Waals surface area contributed by atoms with E-state index in [2.05, 4.69) is 79.8 Å². The zero-order valence-electron chi connectivity index (χ0n) is 26.6. The number of hydrogen-bond acceptors (Lipinski definition) is 3. The Hall–Kier alpha value is -4.37. The van der Waals surface area contributed by atoms with Gasteiger partial charge in [0.05, 0.1) is 12.2 Å². The van der Waals surface area contributed by atoms with Gasteiger partial charge in [-0.2, -0.15) is 0 Å². The highest BCUT2D eigenvalue weighted by Crippen LogP contribution is 2.29. The summed E-state index contributed by atoms with van der Waals surface area (Å²) < 4.78 is 11.5. The van der Waals surface area contributed by atoms with Crippen LogP contribution in [0, 0.1) is 0 Å². The van der Waals surface area contributed by atoms with Crippen LogP contribution in [0.1, 0.15) is 93.0 Å². The van der Waals surface area contributed by atoms with Gasteiger partial charge in [-0.05, 0) is 70.6 Å². The van der Waals surface area contributed by atoms with E-state index in [9.17, 15) is 4.79 Å². The van der Waals surface area contributed by atoms with Crippen molar-refractivity contribution in [3.05, 3.63) is 132 Å². The molecule has 0 fully saturated rings. The zero-order valence-corrected chi connectivity index (χ0v) is 26.6. The minimum atomic E-state index is -0.376. The Morgan fingerprint density at radius 2 is 0.978 bits per heavy atom. The summed E-state index contributed by atoms with van der Waals surface area (Å²) >= 11 is 0. The predicted molar refractivity (Wildman–Crippen MR) is 187 cm³/mol. The predicted octanol–water partition coefficient (Wildman–Crippen LogP) is 11.7. The van der Waals surface area contributed by atoms with Crippen molar-refractivity contribution in [3.8, 4) is 33.8 Å². The van der Waals surface area contributed by atoms with Gasteiger partial charge in [-0.3, -0.25) is 0 Å². The van der Waals surface area contributed by atoms with Crippen LogP contribution in [0.4, 0.5) is 0 Å². The molecule has 0 bridgehead atoms. The summed E-state index contributed by atoms with van der Waals surface area (Å²) in [6, 6.07) is 32.2. The molecule has 0 spiro atoms. The fraction of sp³-hybridized carbons (Fsp3) is 0.310. The lowest BCUT2D eigenvalue weighted by Gasteiger charge is -2.09. The molecule has 0 atom stereocenters. The average Bonchev–Trinajstić information content (AvgIpc) is 3.63. The Kier molecular flexibility index (Phi) is 12.2. The first-order chi connectivity index (χ1) is 22.2. The summed E-state index contributed by atoms with van der Waals surface area (Å²) in [6.07, 6.45) is 21.7. The molecule has 0 radical (unpaired) electrons. The maximum Gasteiger partial charge on any atom is 0.343 e. The summed E-state index contributed by atoms with van der Waals surface area (Å²) in [5.41, 5.74) is 6.38. The van der Waals surface area contributed by atoms with Crippen molar-refractivity contribution in [2.45, 2.75) is 77.0 Å². The molecule has 3 nitrogen and oxygen atoms in total. The fourth-order valence-electron chi connectivity index (χ4n) is 5.76. The van der Waals surface area contributed by atoms with Crippen LogP contribution in [0.15, 0.2) is 121 Å². The molecule has 0 aromatic heterocycles. The molecule has 0 N–H and O–H groups in total. The van der Waals surface area contributed by atoms with Gasteiger partial charge in [0, 0.05) is 5.92 Å². The van der Waals surface area contributed by atoms with Gasteiger partial charge < -0.3 is 9.47 Å². The van der Waals surface area contributed by atoms with Gasteiger partial charge in [0.25, 0.3) is 0 Å². The van der Waals surface area contributed by atoms with E-state index in [0.717, 1.165) is 23.3 Å². The second kappa shape index (κ2) is 17.2. The maximum absolute atomic E-state index is 12.7. The molecule has 0 unspecified atom stereocenters. The van der Waals surface area contributed by atoms with Gasteiger partial charge in [-0.1, -0.05) is 150 Å². The van der Waals surface area contributed by atoms with E-state index in [4.69, 9.17) is 9.47 Å². The largest absolute Gasteiger partial charge is 0.494 e. The summed E-state index contributed by atoms with van der Waals surface area (Å²) in [4.78, 5) is 12.7.